The lowest BCUT2D eigenvalue weighted by Gasteiger charge is -2.20. The van der Waals surface area contributed by atoms with Crippen LogP contribution in [0.25, 0.3) is 16.6 Å². The quantitative estimate of drug-likeness (QED) is 0.452. The summed E-state index contributed by atoms with van der Waals surface area (Å²) in [5.41, 5.74) is 6.17. The summed E-state index contributed by atoms with van der Waals surface area (Å²) < 4.78 is 48.4. The fourth-order valence-corrected chi connectivity index (χ4v) is 4.15. The Morgan fingerprint density at radius 3 is 2.82 bits per heavy atom. The summed E-state index contributed by atoms with van der Waals surface area (Å²) in [5, 5.41) is 8.08. The van der Waals surface area contributed by atoms with Crippen LogP contribution >= 0.6 is 0 Å². The molecule has 2 atom stereocenters. The van der Waals surface area contributed by atoms with Gasteiger partial charge in [-0.2, -0.15) is 18.3 Å². The molecule has 0 spiro atoms. The van der Waals surface area contributed by atoms with Crippen molar-refractivity contribution >= 4 is 28.1 Å². The van der Waals surface area contributed by atoms with E-state index in [1.54, 1.807) is 34.5 Å². The molecule has 0 bridgehead atoms. The fourth-order valence-electron chi connectivity index (χ4n) is 4.15. The van der Waals surface area contributed by atoms with E-state index in [1.807, 2.05) is 0 Å². The third-order valence-electron chi connectivity index (χ3n) is 5.85. The Balaban J connectivity index is 1.62. The Bertz CT molecular complexity index is 1410. The summed E-state index contributed by atoms with van der Waals surface area (Å²) in [6.07, 6.45) is -0.518. The summed E-state index contributed by atoms with van der Waals surface area (Å²) in [4.78, 5) is 17.4. The van der Waals surface area contributed by atoms with Crippen molar-refractivity contribution < 1.29 is 17.9 Å². The fraction of sp³-hybridized carbons (Fsp3) is 0.318. The van der Waals surface area contributed by atoms with Crippen molar-refractivity contribution in [1.29, 1.82) is 0 Å². The van der Waals surface area contributed by atoms with Gasteiger partial charge in [0.1, 0.15) is 5.82 Å². The number of fused-ring (bicyclic) bond motifs is 3. The number of nitrogens with two attached hydrogens (primary N) is 1. The Morgan fingerprint density at radius 2 is 2.09 bits per heavy atom. The maximum atomic E-state index is 13.3. The zero-order valence-electron chi connectivity index (χ0n) is 17.6. The number of hydrogen-bond donors (Lipinski definition) is 2. The lowest BCUT2D eigenvalue weighted by atomic mass is 10.0. The second-order valence-electron chi connectivity index (χ2n) is 8.15. The molecule has 1 unspecified atom stereocenters. The van der Waals surface area contributed by atoms with Crippen LogP contribution in [-0.2, 0) is 10.9 Å². The molecule has 1 saturated heterocycles. The molecular weight excluding hydrogens is 437 g/mol. The number of halogens is 3. The molecule has 1 aliphatic rings. The van der Waals surface area contributed by atoms with Crippen LogP contribution in [0.1, 0.15) is 36.6 Å². The van der Waals surface area contributed by atoms with E-state index in [1.165, 1.54) is 12.1 Å². The normalized spacial score (nSPS) is 17.6. The minimum Gasteiger partial charge on any atom is -0.399 e. The SMILES string of the molecule is CC(Nc1nc2ccnn2c2cc(=O)n([C@H]3CCOC3)cc12)c1cc(N)cc(C(F)(F)F)c1. The highest BCUT2D eigenvalue weighted by Gasteiger charge is 2.31. The Kier molecular flexibility index (Phi) is 5.00. The predicted molar refractivity (Wildman–Crippen MR) is 117 cm³/mol. The Morgan fingerprint density at radius 1 is 1.27 bits per heavy atom. The molecule has 0 saturated carbocycles. The third-order valence-corrected chi connectivity index (χ3v) is 5.85. The van der Waals surface area contributed by atoms with E-state index >= 15 is 0 Å². The van der Waals surface area contributed by atoms with Gasteiger partial charge in [0.2, 0.25) is 0 Å². The molecule has 5 rings (SSSR count). The summed E-state index contributed by atoms with van der Waals surface area (Å²) in [5.74, 6) is 0.425. The average molecular weight is 458 g/mol. The molecule has 0 radical (unpaired) electrons. The largest absolute Gasteiger partial charge is 0.416 e. The van der Waals surface area contributed by atoms with Crippen LogP contribution in [0.5, 0.6) is 0 Å². The molecule has 33 heavy (non-hydrogen) atoms. The number of anilines is 2. The van der Waals surface area contributed by atoms with Crippen molar-refractivity contribution in [3.05, 3.63) is 64.2 Å². The molecule has 4 heterocycles. The number of pyridine rings is 1. The van der Waals surface area contributed by atoms with Gasteiger partial charge in [0.25, 0.3) is 5.56 Å². The lowest BCUT2D eigenvalue weighted by molar-refractivity contribution is -0.137. The molecule has 4 aromatic rings. The van der Waals surface area contributed by atoms with Gasteiger partial charge in [-0.15, -0.1) is 0 Å². The molecule has 0 aliphatic carbocycles. The maximum absolute atomic E-state index is 13.3. The van der Waals surface area contributed by atoms with E-state index in [0.717, 1.165) is 12.1 Å². The standard InChI is InChI=1S/C22H21F3N6O2/c1-12(13-6-14(22(23,24)25)8-15(26)7-13)28-21-17-10-30(16-3-5-33-11-16)20(32)9-18(17)31-19(29-21)2-4-27-31/h2,4,6-10,12,16H,3,5,11,26H2,1H3,(H,28,29)/t12?,16-/m0/s1. The van der Waals surface area contributed by atoms with Gasteiger partial charge in [-0.05, 0) is 37.1 Å². The van der Waals surface area contributed by atoms with Crippen LogP contribution in [0.4, 0.5) is 24.7 Å². The molecule has 3 aromatic heterocycles. The van der Waals surface area contributed by atoms with E-state index in [-0.39, 0.29) is 17.3 Å². The van der Waals surface area contributed by atoms with Gasteiger partial charge in [0, 0.05) is 30.6 Å². The molecule has 0 amide bonds. The molecule has 11 heteroatoms. The molecule has 1 fully saturated rings. The first-order chi connectivity index (χ1) is 15.7. The highest BCUT2D eigenvalue weighted by atomic mass is 19.4. The molecular formula is C22H21F3N6O2. The number of alkyl halides is 3. The number of aromatic nitrogens is 4. The molecule has 1 aromatic carbocycles. The highest BCUT2D eigenvalue weighted by Crippen LogP contribution is 2.34. The zero-order chi connectivity index (χ0) is 23.3. The van der Waals surface area contributed by atoms with Gasteiger partial charge in [-0.25, -0.2) is 9.50 Å². The van der Waals surface area contributed by atoms with Gasteiger partial charge in [0.05, 0.1) is 41.4 Å². The molecule has 172 valence electrons. The first-order valence-corrected chi connectivity index (χ1v) is 10.4. The van der Waals surface area contributed by atoms with Crippen LogP contribution in [-0.4, -0.2) is 32.4 Å². The van der Waals surface area contributed by atoms with Gasteiger partial charge < -0.3 is 20.4 Å². The number of nitrogens with zero attached hydrogens (tertiary/aromatic N) is 4. The van der Waals surface area contributed by atoms with Crippen LogP contribution in [0.2, 0.25) is 0 Å². The number of ether oxygens (including phenoxy) is 1. The van der Waals surface area contributed by atoms with Crippen LogP contribution in [0, 0.1) is 0 Å². The Hall–Kier alpha value is -3.60. The molecule has 3 N–H and O–H groups in total. The number of benzene rings is 1. The minimum absolute atomic E-state index is 0.0209. The van der Waals surface area contributed by atoms with Crippen molar-refractivity contribution in [2.75, 3.05) is 24.3 Å². The van der Waals surface area contributed by atoms with Crippen molar-refractivity contribution in [3.63, 3.8) is 0 Å². The minimum atomic E-state index is -4.51. The third kappa shape index (κ3) is 3.88. The topological polar surface area (TPSA) is 99.5 Å². The van der Waals surface area contributed by atoms with Crippen LogP contribution in [0.15, 0.2) is 47.5 Å². The highest BCUT2D eigenvalue weighted by molar-refractivity contribution is 5.90. The average Bonchev–Trinajstić information content (AvgIpc) is 3.44. The monoisotopic (exact) mass is 458 g/mol. The first-order valence-electron chi connectivity index (χ1n) is 10.4. The predicted octanol–water partition coefficient (Wildman–Crippen LogP) is 3.78. The zero-order valence-corrected chi connectivity index (χ0v) is 17.6. The van der Waals surface area contributed by atoms with Crippen molar-refractivity contribution in [2.45, 2.75) is 31.6 Å². The summed E-state index contributed by atoms with van der Waals surface area (Å²) in [6.45, 7) is 2.74. The van der Waals surface area contributed by atoms with Gasteiger partial charge in [0.15, 0.2) is 5.65 Å². The Labute approximate surface area is 185 Å². The molecule has 8 nitrogen and oxygen atoms in total. The second-order valence-corrected chi connectivity index (χ2v) is 8.15. The number of rotatable bonds is 4. The summed E-state index contributed by atoms with van der Waals surface area (Å²) in [6, 6.07) is 6.01. The first kappa shape index (κ1) is 21.3. The summed E-state index contributed by atoms with van der Waals surface area (Å²) in [7, 11) is 0. The number of hydrogen-bond acceptors (Lipinski definition) is 6. The van der Waals surface area contributed by atoms with Gasteiger partial charge >= 0.3 is 6.18 Å². The van der Waals surface area contributed by atoms with E-state index in [2.05, 4.69) is 15.4 Å². The van der Waals surface area contributed by atoms with Gasteiger partial charge in [-0.1, -0.05) is 0 Å². The van der Waals surface area contributed by atoms with Crippen molar-refractivity contribution in [1.82, 2.24) is 19.2 Å². The van der Waals surface area contributed by atoms with E-state index in [4.69, 9.17) is 10.5 Å². The second kappa shape index (κ2) is 7.77. The maximum Gasteiger partial charge on any atom is 0.416 e. The van der Waals surface area contributed by atoms with Gasteiger partial charge in [-0.3, -0.25) is 4.79 Å². The lowest BCUT2D eigenvalue weighted by Crippen LogP contribution is -2.24. The van der Waals surface area contributed by atoms with Crippen molar-refractivity contribution in [2.24, 2.45) is 0 Å². The van der Waals surface area contributed by atoms with E-state index in [9.17, 15) is 18.0 Å². The smallest absolute Gasteiger partial charge is 0.399 e. The number of nitrogens with one attached hydrogen (secondary N) is 1. The van der Waals surface area contributed by atoms with Crippen LogP contribution < -0.4 is 16.6 Å². The number of nitrogen functional groups attached to an aromatic ring is 1. The van der Waals surface area contributed by atoms with Crippen LogP contribution in [0.3, 0.4) is 0 Å². The van der Waals surface area contributed by atoms with Crippen molar-refractivity contribution in [3.8, 4) is 0 Å². The van der Waals surface area contributed by atoms with E-state index in [0.29, 0.717) is 47.6 Å². The summed E-state index contributed by atoms with van der Waals surface area (Å²) >= 11 is 0. The van der Waals surface area contributed by atoms with E-state index < -0.39 is 17.8 Å². The molecule has 1 aliphatic heterocycles.